The summed E-state index contributed by atoms with van der Waals surface area (Å²) in [6.07, 6.45) is 73.9. The highest BCUT2D eigenvalue weighted by molar-refractivity contribution is 5.71. The number of carbonyl (C=O) groups is 3. The molecule has 0 aliphatic rings. The van der Waals surface area contributed by atoms with Gasteiger partial charge in [0.25, 0.3) is 0 Å². The molecule has 414 valence electrons. The number of unbranched alkanes of at least 4 members (excludes halogenated alkanes) is 38. The predicted molar refractivity (Wildman–Crippen MR) is 307 cm³/mol. The Bertz CT molecular complexity index is 1230. The van der Waals surface area contributed by atoms with Crippen LogP contribution < -0.4 is 0 Å². The number of rotatable bonds is 57. The minimum Gasteiger partial charge on any atom is -0.462 e. The van der Waals surface area contributed by atoms with E-state index in [-0.39, 0.29) is 31.1 Å². The maximum absolute atomic E-state index is 12.9. The van der Waals surface area contributed by atoms with Gasteiger partial charge in [0, 0.05) is 19.3 Å². The highest BCUT2D eigenvalue weighted by Crippen LogP contribution is 2.16. The van der Waals surface area contributed by atoms with E-state index >= 15 is 0 Å². The Morgan fingerprint density at radius 1 is 0.282 bits per heavy atom. The van der Waals surface area contributed by atoms with E-state index in [1.54, 1.807) is 0 Å². The maximum atomic E-state index is 12.9. The quantitative estimate of drug-likeness (QED) is 0.0261. The van der Waals surface area contributed by atoms with E-state index in [0.717, 1.165) is 83.5 Å². The molecule has 0 aliphatic heterocycles. The van der Waals surface area contributed by atoms with Crippen LogP contribution in [0.1, 0.15) is 329 Å². The first-order chi connectivity index (χ1) is 35.0. The zero-order valence-electron chi connectivity index (χ0n) is 47.5. The van der Waals surface area contributed by atoms with Crippen molar-refractivity contribution in [2.75, 3.05) is 13.2 Å². The monoisotopic (exact) mass is 995 g/mol. The van der Waals surface area contributed by atoms with Crippen LogP contribution in [-0.4, -0.2) is 37.2 Å². The zero-order valence-corrected chi connectivity index (χ0v) is 47.5. The topological polar surface area (TPSA) is 78.9 Å². The summed E-state index contributed by atoms with van der Waals surface area (Å²) in [5, 5.41) is 0. The van der Waals surface area contributed by atoms with E-state index in [4.69, 9.17) is 14.2 Å². The van der Waals surface area contributed by atoms with Gasteiger partial charge >= 0.3 is 17.9 Å². The summed E-state index contributed by atoms with van der Waals surface area (Å²) in [7, 11) is 0. The van der Waals surface area contributed by atoms with Gasteiger partial charge in [-0.1, -0.05) is 275 Å². The third kappa shape index (κ3) is 58.1. The Balaban J connectivity index is 4.33. The van der Waals surface area contributed by atoms with E-state index in [1.165, 1.54) is 205 Å². The van der Waals surface area contributed by atoms with E-state index in [2.05, 4.69) is 69.4 Å². The molecule has 0 aromatic heterocycles. The molecule has 1 unspecified atom stereocenters. The molecule has 0 N–H and O–H groups in total. The third-order valence-corrected chi connectivity index (χ3v) is 13.8. The van der Waals surface area contributed by atoms with Crippen molar-refractivity contribution in [3.05, 3.63) is 48.6 Å². The Hall–Kier alpha value is -2.63. The first-order valence-electron chi connectivity index (χ1n) is 31.1. The third-order valence-electron chi connectivity index (χ3n) is 13.8. The van der Waals surface area contributed by atoms with Crippen LogP contribution in [0.2, 0.25) is 0 Å². The average molecular weight is 996 g/mol. The molecule has 6 heteroatoms. The number of ether oxygens (including phenoxy) is 3. The molecular formula is C65H118O6. The molecule has 1 atom stereocenters. The molecule has 0 heterocycles. The van der Waals surface area contributed by atoms with E-state index in [0.29, 0.717) is 19.3 Å². The van der Waals surface area contributed by atoms with Crippen molar-refractivity contribution >= 4 is 17.9 Å². The first kappa shape index (κ1) is 68.4. The van der Waals surface area contributed by atoms with Crippen LogP contribution in [0.3, 0.4) is 0 Å². The smallest absolute Gasteiger partial charge is 0.306 e. The predicted octanol–water partition coefficient (Wildman–Crippen LogP) is 21.0. The van der Waals surface area contributed by atoms with E-state index in [9.17, 15) is 14.4 Å². The lowest BCUT2D eigenvalue weighted by Crippen LogP contribution is -2.30. The molecule has 0 fully saturated rings. The molecule has 0 radical (unpaired) electrons. The summed E-state index contributed by atoms with van der Waals surface area (Å²) in [6, 6.07) is 0. The van der Waals surface area contributed by atoms with Crippen molar-refractivity contribution in [1.29, 1.82) is 0 Å². The van der Waals surface area contributed by atoms with Crippen LogP contribution in [-0.2, 0) is 28.6 Å². The van der Waals surface area contributed by atoms with Crippen molar-refractivity contribution in [2.24, 2.45) is 0 Å². The molecule has 0 aliphatic carbocycles. The average Bonchev–Trinajstić information content (AvgIpc) is 3.37. The summed E-state index contributed by atoms with van der Waals surface area (Å²) in [4.78, 5) is 38.2. The second-order valence-electron chi connectivity index (χ2n) is 21.0. The molecule has 0 aromatic carbocycles. The van der Waals surface area contributed by atoms with E-state index in [1.807, 2.05) is 0 Å². The van der Waals surface area contributed by atoms with Crippen LogP contribution in [0.25, 0.3) is 0 Å². The fourth-order valence-electron chi connectivity index (χ4n) is 9.09. The molecular weight excluding hydrogens is 877 g/mol. The highest BCUT2D eigenvalue weighted by atomic mass is 16.6. The van der Waals surface area contributed by atoms with Gasteiger partial charge in [-0.15, -0.1) is 0 Å². The lowest BCUT2D eigenvalue weighted by atomic mass is 10.0. The maximum Gasteiger partial charge on any atom is 0.306 e. The standard InChI is InChI=1S/C65H118O6/c1-4-7-10-13-16-19-22-25-28-29-30-31-32-33-34-35-38-40-43-46-49-52-55-58-64(67)70-61-62(71-65(68)59-56-53-50-47-44-41-37-27-24-21-18-15-12-9-6-3)60-69-63(66)57-54-51-48-45-42-39-36-26-23-20-17-14-11-8-5-2/h22,25,27,29-30,32-33,37,62H,4-21,23-24,26,28,31,34-36,38-61H2,1-3H3/b25-22-,30-29-,33-32-,37-27-. The fourth-order valence-corrected chi connectivity index (χ4v) is 9.09. The van der Waals surface area contributed by atoms with Crippen molar-refractivity contribution in [3.8, 4) is 0 Å². The van der Waals surface area contributed by atoms with Gasteiger partial charge in [0.1, 0.15) is 13.2 Å². The molecule has 0 rings (SSSR count). The van der Waals surface area contributed by atoms with Gasteiger partial charge in [-0.3, -0.25) is 14.4 Å². The van der Waals surface area contributed by atoms with Gasteiger partial charge in [-0.25, -0.2) is 0 Å². The Morgan fingerprint density at radius 3 is 0.803 bits per heavy atom. The van der Waals surface area contributed by atoms with Gasteiger partial charge in [0.2, 0.25) is 0 Å². The summed E-state index contributed by atoms with van der Waals surface area (Å²) in [5.41, 5.74) is 0. The molecule has 0 saturated heterocycles. The Morgan fingerprint density at radius 2 is 0.507 bits per heavy atom. The van der Waals surface area contributed by atoms with E-state index < -0.39 is 6.10 Å². The molecule has 0 aromatic rings. The number of carbonyl (C=O) groups excluding carboxylic acids is 3. The van der Waals surface area contributed by atoms with Gasteiger partial charge in [0.05, 0.1) is 0 Å². The van der Waals surface area contributed by atoms with Crippen molar-refractivity contribution in [1.82, 2.24) is 0 Å². The second-order valence-corrected chi connectivity index (χ2v) is 21.0. The molecule has 0 bridgehead atoms. The molecule has 0 spiro atoms. The highest BCUT2D eigenvalue weighted by Gasteiger charge is 2.19. The Labute approximate surface area is 441 Å². The molecule has 71 heavy (non-hydrogen) atoms. The number of hydrogen-bond acceptors (Lipinski definition) is 6. The van der Waals surface area contributed by atoms with Gasteiger partial charge in [-0.2, -0.15) is 0 Å². The van der Waals surface area contributed by atoms with Crippen molar-refractivity contribution in [3.63, 3.8) is 0 Å². The zero-order chi connectivity index (χ0) is 51.4. The molecule has 6 nitrogen and oxygen atoms in total. The first-order valence-corrected chi connectivity index (χ1v) is 31.1. The lowest BCUT2D eigenvalue weighted by Gasteiger charge is -2.18. The van der Waals surface area contributed by atoms with Gasteiger partial charge in [0.15, 0.2) is 6.10 Å². The minimum atomic E-state index is -0.779. The van der Waals surface area contributed by atoms with Crippen LogP contribution in [0.5, 0.6) is 0 Å². The number of allylic oxidation sites excluding steroid dienone is 8. The second kappa shape index (κ2) is 59.9. The van der Waals surface area contributed by atoms with Crippen LogP contribution in [0.4, 0.5) is 0 Å². The van der Waals surface area contributed by atoms with Gasteiger partial charge in [-0.05, 0) is 83.5 Å². The molecule has 0 amide bonds. The fraction of sp³-hybridized carbons (Fsp3) is 0.831. The lowest BCUT2D eigenvalue weighted by molar-refractivity contribution is -0.167. The minimum absolute atomic E-state index is 0.0754. The summed E-state index contributed by atoms with van der Waals surface area (Å²) in [6.45, 7) is 6.65. The Kier molecular flexibility index (Phi) is 57.7. The van der Waals surface area contributed by atoms with Crippen LogP contribution in [0.15, 0.2) is 48.6 Å². The van der Waals surface area contributed by atoms with Crippen LogP contribution >= 0.6 is 0 Å². The van der Waals surface area contributed by atoms with Crippen molar-refractivity contribution in [2.45, 2.75) is 335 Å². The summed E-state index contributed by atoms with van der Waals surface area (Å²) in [5.74, 6) is -0.873. The SMILES string of the molecule is CCCCCCC/C=C\C/C=C\C/C=C\CCCCCCCCCCC(=O)OCC(COC(=O)CCCCCCCCCCCCCCCCC)OC(=O)CCCCCCC/C=C\CCCCCCCC. The van der Waals surface area contributed by atoms with Gasteiger partial charge < -0.3 is 14.2 Å². The largest absolute Gasteiger partial charge is 0.462 e. The summed E-state index contributed by atoms with van der Waals surface area (Å²) >= 11 is 0. The van der Waals surface area contributed by atoms with Crippen molar-refractivity contribution < 1.29 is 28.6 Å². The molecule has 0 saturated carbocycles. The summed E-state index contributed by atoms with van der Waals surface area (Å²) < 4.78 is 16.9. The number of esters is 3. The van der Waals surface area contributed by atoms with Crippen LogP contribution in [0, 0.1) is 0 Å². The number of hydrogen-bond donors (Lipinski definition) is 0. The normalized spacial score (nSPS) is 12.3.